The largest absolute Gasteiger partial charge is 0.493 e. The van der Waals surface area contributed by atoms with Gasteiger partial charge in [-0.3, -0.25) is 4.98 Å². The average Bonchev–Trinajstić information content (AvgIpc) is 2.90. The van der Waals surface area contributed by atoms with Crippen molar-refractivity contribution in [1.82, 2.24) is 14.9 Å². The summed E-state index contributed by atoms with van der Waals surface area (Å²) in [6, 6.07) is 17.6. The van der Waals surface area contributed by atoms with E-state index in [9.17, 15) is 5.11 Å². The Kier molecular flexibility index (Phi) is 8.79. The summed E-state index contributed by atoms with van der Waals surface area (Å²) in [6.45, 7) is 4.57. The highest BCUT2D eigenvalue weighted by atomic mass is 79.9. The predicted octanol–water partition coefficient (Wildman–Crippen LogP) is 6.01. The Hall–Kier alpha value is -3.20. The van der Waals surface area contributed by atoms with E-state index < -0.39 is 11.5 Å². The number of fused-ring (bicyclic) bond motifs is 1. The third-order valence-electron chi connectivity index (χ3n) is 6.98. The molecule has 2 unspecified atom stereocenters. The van der Waals surface area contributed by atoms with E-state index in [2.05, 4.69) is 20.8 Å². The molecule has 4 rings (SSSR count). The van der Waals surface area contributed by atoms with E-state index in [0.717, 1.165) is 37.8 Å². The summed E-state index contributed by atoms with van der Waals surface area (Å²) >= 11 is 3.59. The topological polar surface area (TPSA) is 76.9 Å². The molecule has 2 atom stereocenters. The van der Waals surface area contributed by atoms with Gasteiger partial charge >= 0.3 is 0 Å². The number of hydrogen-bond donors (Lipinski definition) is 1. The van der Waals surface area contributed by atoms with Crippen LogP contribution in [0.4, 0.5) is 0 Å². The van der Waals surface area contributed by atoms with Gasteiger partial charge in [-0.1, -0.05) is 28.1 Å². The normalized spacial score (nSPS) is 13.8. The standard InChI is InChI=1S/C31H36BrN3O4/c1-19-15-20(2)33-27(16-19)31(36,13-14-35(3)4)28(23-9-8-10-26(37-5)29(23)38-6)24-18-21-17-22(32)11-12-25(21)34-30(24)39-7/h8-12,15-18,28,36H,13-14H2,1-7H3. The molecule has 0 fully saturated rings. The number of para-hydroxylation sites is 1. The number of benzene rings is 2. The maximum Gasteiger partial charge on any atom is 0.217 e. The van der Waals surface area contributed by atoms with Crippen molar-refractivity contribution in [2.75, 3.05) is 42.0 Å². The number of rotatable bonds is 10. The molecular weight excluding hydrogens is 558 g/mol. The Morgan fingerprint density at radius 3 is 2.33 bits per heavy atom. The zero-order valence-corrected chi connectivity index (χ0v) is 25.2. The molecule has 7 nitrogen and oxygen atoms in total. The maximum atomic E-state index is 13.0. The van der Waals surface area contributed by atoms with E-state index in [1.54, 1.807) is 21.3 Å². The number of nitrogens with zero attached hydrogens (tertiary/aromatic N) is 3. The molecule has 2 aromatic carbocycles. The second-order valence-electron chi connectivity index (χ2n) is 10.1. The monoisotopic (exact) mass is 593 g/mol. The summed E-state index contributed by atoms with van der Waals surface area (Å²) in [5.74, 6) is 0.863. The van der Waals surface area contributed by atoms with Crippen molar-refractivity contribution in [2.45, 2.75) is 31.8 Å². The van der Waals surface area contributed by atoms with E-state index in [1.807, 2.05) is 82.5 Å². The first-order valence-corrected chi connectivity index (χ1v) is 13.6. The Morgan fingerprint density at radius 2 is 1.69 bits per heavy atom. The van der Waals surface area contributed by atoms with Crippen molar-refractivity contribution in [3.8, 4) is 17.4 Å². The summed E-state index contributed by atoms with van der Waals surface area (Å²) in [7, 11) is 8.80. The Balaban J connectivity index is 2.13. The van der Waals surface area contributed by atoms with Crippen molar-refractivity contribution in [2.24, 2.45) is 0 Å². The van der Waals surface area contributed by atoms with Gasteiger partial charge in [0.2, 0.25) is 5.88 Å². The number of aromatic nitrogens is 2. The molecule has 0 spiro atoms. The minimum atomic E-state index is -1.46. The van der Waals surface area contributed by atoms with Gasteiger partial charge in [0, 0.05) is 33.2 Å². The molecule has 1 N–H and O–H groups in total. The van der Waals surface area contributed by atoms with Crippen molar-refractivity contribution in [1.29, 1.82) is 0 Å². The quantitative estimate of drug-likeness (QED) is 0.241. The van der Waals surface area contributed by atoms with Gasteiger partial charge in [0.25, 0.3) is 0 Å². The van der Waals surface area contributed by atoms with Gasteiger partial charge in [-0.15, -0.1) is 0 Å². The molecule has 0 radical (unpaired) electrons. The molecule has 2 heterocycles. The Morgan fingerprint density at radius 1 is 0.923 bits per heavy atom. The molecule has 0 aliphatic heterocycles. The first kappa shape index (κ1) is 28.8. The van der Waals surface area contributed by atoms with Gasteiger partial charge in [-0.25, -0.2) is 4.98 Å². The fraction of sp³-hybridized carbons (Fsp3) is 0.355. The van der Waals surface area contributed by atoms with Gasteiger partial charge < -0.3 is 24.2 Å². The summed E-state index contributed by atoms with van der Waals surface area (Å²) < 4.78 is 18.4. The molecule has 8 heteroatoms. The van der Waals surface area contributed by atoms with Crippen LogP contribution in [0.25, 0.3) is 10.9 Å². The van der Waals surface area contributed by atoms with Crippen molar-refractivity contribution in [3.05, 3.63) is 87.1 Å². The van der Waals surface area contributed by atoms with Gasteiger partial charge in [0.05, 0.1) is 38.5 Å². The van der Waals surface area contributed by atoms with Gasteiger partial charge in [-0.05, 0) is 82.4 Å². The Labute approximate surface area is 238 Å². The summed E-state index contributed by atoms with van der Waals surface area (Å²) in [5, 5.41) is 13.9. The van der Waals surface area contributed by atoms with Gasteiger partial charge in [0.1, 0.15) is 5.60 Å². The molecule has 39 heavy (non-hydrogen) atoms. The third-order valence-corrected chi connectivity index (χ3v) is 7.47. The number of aliphatic hydroxyl groups is 1. The Bertz CT molecular complexity index is 1460. The van der Waals surface area contributed by atoms with Crippen LogP contribution in [0.2, 0.25) is 0 Å². The van der Waals surface area contributed by atoms with Crippen LogP contribution < -0.4 is 14.2 Å². The van der Waals surface area contributed by atoms with Gasteiger partial charge in [-0.2, -0.15) is 0 Å². The lowest BCUT2D eigenvalue weighted by Gasteiger charge is -2.38. The lowest BCUT2D eigenvalue weighted by Crippen LogP contribution is -2.39. The number of aryl methyl sites for hydroxylation is 2. The summed E-state index contributed by atoms with van der Waals surface area (Å²) in [6.07, 6.45) is 0.389. The molecule has 0 aliphatic rings. The highest BCUT2D eigenvalue weighted by Crippen LogP contribution is 2.51. The second kappa shape index (κ2) is 11.9. The summed E-state index contributed by atoms with van der Waals surface area (Å²) in [5.41, 5.74) is 3.21. The highest BCUT2D eigenvalue weighted by Gasteiger charge is 2.45. The van der Waals surface area contributed by atoms with Crippen LogP contribution in [-0.4, -0.2) is 61.9 Å². The zero-order chi connectivity index (χ0) is 28.3. The molecule has 2 aromatic heterocycles. The SMILES string of the molecule is COc1cccc(C(c2cc3cc(Br)ccc3nc2OC)C(O)(CCN(C)C)c2cc(C)cc(C)n2)c1OC. The molecule has 4 aromatic rings. The minimum absolute atomic E-state index is 0.389. The molecule has 206 valence electrons. The first-order valence-electron chi connectivity index (χ1n) is 12.8. The average molecular weight is 595 g/mol. The lowest BCUT2D eigenvalue weighted by atomic mass is 9.72. The van der Waals surface area contributed by atoms with E-state index in [-0.39, 0.29) is 0 Å². The van der Waals surface area contributed by atoms with E-state index in [0.29, 0.717) is 36.0 Å². The van der Waals surface area contributed by atoms with Crippen molar-refractivity contribution >= 4 is 26.8 Å². The smallest absolute Gasteiger partial charge is 0.217 e. The number of pyridine rings is 2. The number of halogens is 1. The first-order chi connectivity index (χ1) is 18.6. The van der Waals surface area contributed by atoms with E-state index in [4.69, 9.17) is 24.2 Å². The molecule has 0 aliphatic carbocycles. The van der Waals surface area contributed by atoms with Crippen LogP contribution in [0.1, 0.15) is 40.4 Å². The fourth-order valence-corrected chi connectivity index (χ4v) is 5.59. The number of ether oxygens (including phenoxy) is 3. The van der Waals surface area contributed by atoms with Crippen LogP contribution in [0.3, 0.4) is 0 Å². The molecule has 0 saturated carbocycles. The number of methoxy groups -OCH3 is 3. The van der Waals surface area contributed by atoms with Crippen molar-refractivity contribution in [3.63, 3.8) is 0 Å². The summed E-state index contributed by atoms with van der Waals surface area (Å²) in [4.78, 5) is 11.8. The van der Waals surface area contributed by atoms with Crippen LogP contribution in [0, 0.1) is 13.8 Å². The van der Waals surface area contributed by atoms with Crippen LogP contribution in [0.5, 0.6) is 17.4 Å². The minimum Gasteiger partial charge on any atom is -0.493 e. The second-order valence-corrected chi connectivity index (χ2v) is 11.0. The van der Waals surface area contributed by atoms with Crippen LogP contribution in [-0.2, 0) is 5.60 Å². The van der Waals surface area contributed by atoms with E-state index >= 15 is 0 Å². The van der Waals surface area contributed by atoms with E-state index in [1.165, 1.54) is 0 Å². The molecule has 0 amide bonds. The fourth-order valence-electron chi connectivity index (χ4n) is 5.22. The van der Waals surface area contributed by atoms with Crippen LogP contribution >= 0.6 is 15.9 Å². The van der Waals surface area contributed by atoms with Crippen molar-refractivity contribution < 1.29 is 19.3 Å². The maximum absolute atomic E-state index is 13.0. The third kappa shape index (κ3) is 5.88. The lowest BCUT2D eigenvalue weighted by molar-refractivity contribution is -0.00104. The molecule has 0 bridgehead atoms. The van der Waals surface area contributed by atoms with Gasteiger partial charge in [0.15, 0.2) is 11.5 Å². The van der Waals surface area contributed by atoms with Crippen LogP contribution in [0.15, 0.2) is 59.1 Å². The molecular formula is C31H36BrN3O4. The number of hydrogen-bond acceptors (Lipinski definition) is 7. The predicted molar refractivity (Wildman–Crippen MR) is 158 cm³/mol. The highest BCUT2D eigenvalue weighted by molar-refractivity contribution is 9.10. The molecule has 0 saturated heterocycles. The zero-order valence-electron chi connectivity index (χ0n) is 23.6.